The molecule has 2 fully saturated rings. The molecule has 1 heterocycles. The smallest absolute Gasteiger partial charge is 0.243 e. The zero-order valence-corrected chi connectivity index (χ0v) is 17.4. The molecule has 6 nitrogen and oxygen atoms in total. The third kappa shape index (κ3) is 4.90. The van der Waals surface area contributed by atoms with Crippen molar-refractivity contribution in [1.82, 2.24) is 14.5 Å². The normalized spacial score (nSPS) is 27.5. The van der Waals surface area contributed by atoms with Gasteiger partial charge in [-0.1, -0.05) is 26.7 Å². The highest BCUT2D eigenvalue weighted by Gasteiger charge is 2.31. The van der Waals surface area contributed by atoms with Crippen molar-refractivity contribution < 1.29 is 17.6 Å². The topological polar surface area (TPSA) is 69.7 Å². The fraction of sp³-hybridized carbons (Fsp3) is 0.650. The molecule has 0 radical (unpaired) electrons. The maximum Gasteiger partial charge on any atom is 0.243 e. The largest absolute Gasteiger partial charge is 0.352 e. The van der Waals surface area contributed by atoms with Crippen molar-refractivity contribution in [3.8, 4) is 0 Å². The number of hydrogen-bond donors (Lipinski definition) is 1. The molecule has 0 aromatic heterocycles. The number of nitrogens with zero attached hydrogens (tertiary/aromatic N) is 2. The van der Waals surface area contributed by atoms with Gasteiger partial charge in [-0.2, -0.15) is 4.31 Å². The third-order valence-corrected chi connectivity index (χ3v) is 8.12. The second-order valence-corrected chi connectivity index (χ2v) is 10.0. The van der Waals surface area contributed by atoms with Crippen molar-refractivity contribution in [2.75, 3.05) is 32.7 Å². The molecule has 1 aromatic rings. The molecule has 3 atom stereocenters. The van der Waals surface area contributed by atoms with Crippen LogP contribution in [0.5, 0.6) is 0 Å². The van der Waals surface area contributed by atoms with Gasteiger partial charge in [-0.05, 0) is 42.5 Å². The van der Waals surface area contributed by atoms with Crippen molar-refractivity contribution in [2.45, 2.75) is 44.0 Å². The van der Waals surface area contributed by atoms with Gasteiger partial charge in [-0.25, -0.2) is 12.8 Å². The summed E-state index contributed by atoms with van der Waals surface area (Å²) < 4.78 is 39.8. The van der Waals surface area contributed by atoms with E-state index in [4.69, 9.17) is 0 Å². The average molecular weight is 412 g/mol. The van der Waals surface area contributed by atoms with Gasteiger partial charge < -0.3 is 5.32 Å². The number of sulfonamides is 1. The number of hydrogen-bond acceptors (Lipinski definition) is 4. The summed E-state index contributed by atoms with van der Waals surface area (Å²) in [5.41, 5.74) is 0. The predicted molar refractivity (Wildman–Crippen MR) is 106 cm³/mol. The number of benzene rings is 1. The van der Waals surface area contributed by atoms with Crippen LogP contribution in [0.2, 0.25) is 0 Å². The van der Waals surface area contributed by atoms with Crippen LogP contribution < -0.4 is 5.32 Å². The average Bonchev–Trinajstić information content (AvgIpc) is 2.66. The third-order valence-electron chi connectivity index (χ3n) is 6.20. The number of carbonyl (C=O) groups excluding carboxylic acids is 1. The molecule has 0 spiro atoms. The molecular weight excluding hydrogens is 381 g/mol. The Labute approximate surface area is 167 Å². The standard InChI is InChI=1S/C20H30FN3O3S/c1-15-4-3-5-19(16(15)2)22-20(25)14-23-10-12-24(13-11-23)28(26,27)18-8-6-17(21)7-9-18/h6-9,15-16,19H,3-5,10-14H2,1-2H3,(H,22,25). The molecule has 8 heteroatoms. The van der Waals surface area contributed by atoms with Gasteiger partial charge in [0.05, 0.1) is 11.4 Å². The lowest BCUT2D eigenvalue weighted by Crippen LogP contribution is -2.52. The number of rotatable bonds is 5. The van der Waals surface area contributed by atoms with E-state index in [0.29, 0.717) is 44.6 Å². The van der Waals surface area contributed by atoms with E-state index >= 15 is 0 Å². The van der Waals surface area contributed by atoms with Gasteiger partial charge >= 0.3 is 0 Å². The summed E-state index contributed by atoms with van der Waals surface area (Å²) in [5, 5.41) is 3.17. The minimum atomic E-state index is -3.63. The minimum Gasteiger partial charge on any atom is -0.352 e. The van der Waals surface area contributed by atoms with Crippen LogP contribution >= 0.6 is 0 Å². The summed E-state index contributed by atoms with van der Waals surface area (Å²) in [7, 11) is -3.63. The van der Waals surface area contributed by atoms with E-state index in [1.807, 2.05) is 4.90 Å². The van der Waals surface area contributed by atoms with Gasteiger partial charge in [0, 0.05) is 32.2 Å². The number of halogens is 1. The first-order valence-corrected chi connectivity index (χ1v) is 11.5. The van der Waals surface area contributed by atoms with Gasteiger partial charge in [0.2, 0.25) is 15.9 Å². The first kappa shape index (κ1) is 21.2. The van der Waals surface area contributed by atoms with Gasteiger partial charge in [-0.3, -0.25) is 9.69 Å². The molecule has 2 aliphatic rings. The Hall–Kier alpha value is -1.51. The van der Waals surface area contributed by atoms with Gasteiger partial charge in [0.1, 0.15) is 5.82 Å². The predicted octanol–water partition coefficient (Wildman–Crippen LogP) is 2.07. The molecule has 1 aromatic carbocycles. The summed E-state index contributed by atoms with van der Waals surface area (Å²) in [5.74, 6) is 0.659. The Balaban J connectivity index is 1.50. The van der Waals surface area contributed by atoms with Crippen LogP contribution in [0, 0.1) is 17.7 Å². The molecule has 1 aliphatic heterocycles. The highest BCUT2D eigenvalue weighted by Crippen LogP contribution is 2.29. The van der Waals surface area contributed by atoms with E-state index in [2.05, 4.69) is 19.2 Å². The van der Waals surface area contributed by atoms with Crippen LogP contribution in [0.15, 0.2) is 29.2 Å². The quantitative estimate of drug-likeness (QED) is 0.805. The monoisotopic (exact) mass is 411 g/mol. The zero-order valence-electron chi connectivity index (χ0n) is 16.6. The molecule has 1 saturated heterocycles. The zero-order chi connectivity index (χ0) is 20.3. The van der Waals surface area contributed by atoms with Crippen molar-refractivity contribution >= 4 is 15.9 Å². The fourth-order valence-electron chi connectivity index (χ4n) is 4.12. The molecule has 0 bridgehead atoms. The maximum absolute atomic E-state index is 13.1. The lowest BCUT2D eigenvalue weighted by molar-refractivity contribution is -0.124. The molecule has 1 aliphatic carbocycles. The van der Waals surface area contributed by atoms with E-state index in [1.165, 1.54) is 22.9 Å². The van der Waals surface area contributed by atoms with Crippen molar-refractivity contribution in [3.63, 3.8) is 0 Å². The number of piperazine rings is 1. The van der Waals surface area contributed by atoms with Crippen LogP contribution in [0.1, 0.15) is 33.1 Å². The number of amides is 1. The van der Waals surface area contributed by atoms with Gasteiger partial charge in [0.25, 0.3) is 0 Å². The van der Waals surface area contributed by atoms with Crippen molar-refractivity contribution in [2.24, 2.45) is 11.8 Å². The lowest BCUT2D eigenvalue weighted by Gasteiger charge is -2.36. The Bertz CT molecular complexity index is 776. The molecule has 1 amide bonds. The Morgan fingerprint density at radius 2 is 1.75 bits per heavy atom. The first-order chi connectivity index (χ1) is 13.3. The second-order valence-electron chi connectivity index (χ2n) is 8.08. The fourth-order valence-corrected chi connectivity index (χ4v) is 5.55. The van der Waals surface area contributed by atoms with E-state index in [-0.39, 0.29) is 16.8 Å². The molecule has 3 unspecified atom stereocenters. The van der Waals surface area contributed by atoms with Gasteiger partial charge in [0.15, 0.2) is 0 Å². The van der Waals surface area contributed by atoms with Crippen molar-refractivity contribution in [3.05, 3.63) is 30.1 Å². The molecule has 1 saturated carbocycles. The summed E-state index contributed by atoms with van der Waals surface area (Å²) in [4.78, 5) is 14.5. The number of carbonyl (C=O) groups is 1. The van der Waals surface area contributed by atoms with E-state index < -0.39 is 15.8 Å². The highest BCUT2D eigenvalue weighted by molar-refractivity contribution is 7.89. The summed E-state index contributed by atoms with van der Waals surface area (Å²) in [6.07, 6.45) is 3.40. The highest BCUT2D eigenvalue weighted by atomic mass is 32.2. The van der Waals surface area contributed by atoms with Crippen LogP contribution in [0.3, 0.4) is 0 Å². The molecule has 1 N–H and O–H groups in total. The molecule has 28 heavy (non-hydrogen) atoms. The van der Waals surface area contributed by atoms with E-state index in [0.717, 1.165) is 25.0 Å². The van der Waals surface area contributed by atoms with Gasteiger partial charge in [-0.15, -0.1) is 0 Å². The van der Waals surface area contributed by atoms with Crippen LogP contribution in [-0.4, -0.2) is 62.3 Å². The van der Waals surface area contributed by atoms with E-state index in [1.54, 1.807) is 0 Å². The molecule has 3 rings (SSSR count). The maximum atomic E-state index is 13.1. The molecular formula is C20H30FN3O3S. The minimum absolute atomic E-state index is 0.0146. The summed E-state index contributed by atoms with van der Waals surface area (Å²) in [6, 6.07) is 5.12. The second kappa shape index (κ2) is 8.88. The molecule has 156 valence electrons. The van der Waals surface area contributed by atoms with E-state index in [9.17, 15) is 17.6 Å². The Morgan fingerprint density at radius 3 is 2.39 bits per heavy atom. The van der Waals surface area contributed by atoms with Crippen LogP contribution in [0.25, 0.3) is 0 Å². The number of nitrogens with one attached hydrogen (secondary N) is 1. The van der Waals surface area contributed by atoms with Crippen LogP contribution in [0.4, 0.5) is 4.39 Å². The summed E-state index contributed by atoms with van der Waals surface area (Å²) in [6.45, 7) is 6.39. The Morgan fingerprint density at radius 1 is 1.11 bits per heavy atom. The first-order valence-electron chi connectivity index (χ1n) is 10.0. The summed E-state index contributed by atoms with van der Waals surface area (Å²) >= 11 is 0. The SMILES string of the molecule is CC1CCCC(NC(=O)CN2CCN(S(=O)(=O)c3ccc(F)cc3)CC2)C1C. The van der Waals surface area contributed by atoms with Crippen LogP contribution in [-0.2, 0) is 14.8 Å². The lowest BCUT2D eigenvalue weighted by atomic mass is 9.78. The van der Waals surface area contributed by atoms with Crippen molar-refractivity contribution in [1.29, 1.82) is 0 Å². The Kier molecular flexibility index (Phi) is 6.73.